The fraction of sp³-hybridized carbons (Fsp3) is 0.267. The summed E-state index contributed by atoms with van der Waals surface area (Å²) in [6.07, 6.45) is 2.55. The average Bonchev–Trinajstić information content (AvgIpc) is 2.45. The molecule has 0 bridgehead atoms. The minimum Gasteiger partial charge on any atom is -0.436 e. The molecule has 2 aromatic rings. The summed E-state index contributed by atoms with van der Waals surface area (Å²) in [6.45, 7) is 3.61. The second-order valence-corrected chi connectivity index (χ2v) is 5.79. The lowest BCUT2D eigenvalue weighted by atomic mass is 10.2. The summed E-state index contributed by atoms with van der Waals surface area (Å²) in [4.78, 5) is 4.07. The molecule has 0 radical (unpaired) electrons. The third kappa shape index (κ3) is 4.66. The highest BCUT2D eigenvalue weighted by Gasteiger charge is 2.09. The zero-order chi connectivity index (χ0) is 15.2. The Kier molecular flexibility index (Phi) is 5.96. The monoisotopic (exact) mass is 372 g/mol. The van der Waals surface area contributed by atoms with Crippen LogP contribution in [0.2, 0.25) is 5.02 Å². The van der Waals surface area contributed by atoms with Gasteiger partial charge in [-0.25, -0.2) is 9.37 Å². The number of benzene rings is 1. The van der Waals surface area contributed by atoms with Crippen molar-refractivity contribution in [2.24, 2.45) is 0 Å². The molecule has 0 amide bonds. The van der Waals surface area contributed by atoms with Crippen molar-refractivity contribution in [1.29, 1.82) is 0 Å². The van der Waals surface area contributed by atoms with Crippen molar-refractivity contribution in [3.63, 3.8) is 0 Å². The molecular formula is C15H15BrClFN2O. The Morgan fingerprint density at radius 1 is 1.38 bits per heavy atom. The molecule has 21 heavy (non-hydrogen) atoms. The van der Waals surface area contributed by atoms with Gasteiger partial charge in [-0.15, -0.1) is 0 Å². The summed E-state index contributed by atoms with van der Waals surface area (Å²) in [5.74, 6) is -0.0128. The Bertz CT molecular complexity index is 625. The molecule has 1 heterocycles. The van der Waals surface area contributed by atoms with E-state index in [2.05, 4.69) is 33.2 Å². The summed E-state index contributed by atoms with van der Waals surface area (Å²) >= 11 is 9.29. The van der Waals surface area contributed by atoms with Crippen molar-refractivity contribution in [2.45, 2.75) is 19.9 Å². The SMILES string of the molecule is CCCNCc1cc(Oc2ccc(Br)cc2F)ncc1Cl. The van der Waals surface area contributed by atoms with Gasteiger partial charge in [0.1, 0.15) is 0 Å². The molecule has 3 nitrogen and oxygen atoms in total. The van der Waals surface area contributed by atoms with Crippen molar-refractivity contribution in [2.75, 3.05) is 6.54 Å². The first-order chi connectivity index (χ1) is 10.1. The Labute approximate surface area is 136 Å². The highest BCUT2D eigenvalue weighted by molar-refractivity contribution is 9.10. The van der Waals surface area contributed by atoms with E-state index in [-0.39, 0.29) is 5.75 Å². The van der Waals surface area contributed by atoms with Crippen LogP contribution in [0.25, 0.3) is 0 Å². The second-order valence-electron chi connectivity index (χ2n) is 4.47. The fourth-order valence-electron chi connectivity index (χ4n) is 1.72. The molecule has 0 aliphatic rings. The van der Waals surface area contributed by atoms with E-state index in [1.165, 1.54) is 12.3 Å². The molecule has 0 saturated carbocycles. The molecule has 0 aliphatic carbocycles. The van der Waals surface area contributed by atoms with Crippen LogP contribution < -0.4 is 10.1 Å². The number of ether oxygens (including phenoxy) is 1. The molecule has 1 aromatic heterocycles. The lowest BCUT2D eigenvalue weighted by Crippen LogP contribution is -2.14. The van der Waals surface area contributed by atoms with E-state index in [0.717, 1.165) is 18.5 Å². The van der Waals surface area contributed by atoms with E-state index in [9.17, 15) is 4.39 Å². The first-order valence-corrected chi connectivity index (χ1v) is 7.75. The number of halogens is 3. The zero-order valence-electron chi connectivity index (χ0n) is 11.5. The van der Waals surface area contributed by atoms with Crippen LogP contribution in [0, 0.1) is 5.82 Å². The van der Waals surface area contributed by atoms with Gasteiger partial charge in [-0.05, 0) is 36.7 Å². The Balaban J connectivity index is 2.14. The molecule has 0 fully saturated rings. The van der Waals surface area contributed by atoms with E-state index in [1.807, 2.05) is 0 Å². The molecule has 0 atom stereocenters. The zero-order valence-corrected chi connectivity index (χ0v) is 13.8. The van der Waals surface area contributed by atoms with Crippen LogP contribution in [-0.2, 0) is 6.54 Å². The third-order valence-electron chi connectivity index (χ3n) is 2.76. The summed E-state index contributed by atoms with van der Waals surface area (Å²) in [5.41, 5.74) is 0.868. The van der Waals surface area contributed by atoms with Gasteiger partial charge < -0.3 is 10.1 Å². The van der Waals surface area contributed by atoms with E-state index in [4.69, 9.17) is 16.3 Å². The van der Waals surface area contributed by atoms with Crippen molar-refractivity contribution < 1.29 is 9.13 Å². The number of hydrogen-bond donors (Lipinski definition) is 1. The summed E-state index contributed by atoms with van der Waals surface area (Å²) in [7, 11) is 0. The molecule has 0 spiro atoms. The Morgan fingerprint density at radius 2 is 2.19 bits per heavy atom. The van der Waals surface area contributed by atoms with Gasteiger partial charge in [-0.3, -0.25) is 0 Å². The fourth-order valence-corrected chi connectivity index (χ4v) is 2.22. The van der Waals surface area contributed by atoms with Crippen molar-refractivity contribution >= 4 is 27.5 Å². The van der Waals surface area contributed by atoms with Gasteiger partial charge >= 0.3 is 0 Å². The number of rotatable bonds is 6. The Hall–Kier alpha value is -1.17. The van der Waals surface area contributed by atoms with Crippen LogP contribution in [0.3, 0.4) is 0 Å². The number of hydrogen-bond acceptors (Lipinski definition) is 3. The lowest BCUT2D eigenvalue weighted by Gasteiger charge is -2.10. The summed E-state index contributed by atoms with van der Waals surface area (Å²) < 4.78 is 19.9. The van der Waals surface area contributed by atoms with Crippen LogP contribution in [0.4, 0.5) is 4.39 Å². The molecule has 0 unspecified atom stereocenters. The van der Waals surface area contributed by atoms with Gasteiger partial charge in [0, 0.05) is 23.3 Å². The maximum Gasteiger partial charge on any atom is 0.219 e. The molecule has 1 N–H and O–H groups in total. The molecule has 0 aliphatic heterocycles. The topological polar surface area (TPSA) is 34.1 Å². The Morgan fingerprint density at radius 3 is 2.90 bits per heavy atom. The number of nitrogens with zero attached hydrogens (tertiary/aromatic N) is 1. The maximum absolute atomic E-state index is 13.7. The molecule has 6 heteroatoms. The summed E-state index contributed by atoms with van der Waals surface area (Å²) in [5, 5.41) is 3.81. The largest absolute Gasteiger partial charge is 0.436 e. The number of aromatic nitrogens is 1. The second kappa shape index (κ2) is 7.73. The molecule has 112 valence electrons. The van der Waals surface area contributed by atoms with Crippen molar-refractivity contribution in [3.05, 3.63) is 51.3 Å². The lowest BCUT2D eigenvalue weighted by molar-refractivity contribution is 0.426. The quantitative estimate of drug-likeness (QED) is 0.729. The van der Waals surface area contributed by atoms with Crippen LogP contribution in [-0.4, -0.2) is 11.5 Å². The number of nitrogens with one attached hydrogen (secondary N) is 1. The standard InChI is InChI=1S/C15H15BrClFN2O/c1-2-5-19-8-10-6-15(20-9-12(10)17)21-14-4-3-11(16)7-13(14)18/h3-4,6-7,9,19H,2,5,8H2,1H3. The maximum atomic E-state index is 13.7. The van der Waals surface area contributed by atoms with Gasteiger partial charge in [0.2, 0.25) is 5.88 Å². The smallest absolute Gasteiger partial charge is 0.219 e. The normalized spacial score (nSPS) is 10.7. The first kappa shape index (κ1) is 16.2. The molecule has 1 aromatic carbocycles. The van der Waals surface area contributed by atoms with Crippen molar-refractivity contribution in [1.82, 2.24) is 10.3 Å². The van der Waals surface area contributed by atoms with Crippen LogP contribution >= 0.6 is 27.5 Å². The highest BCUT2D eigenvalue weighted by atomic mass is 79.9. The van der Waals surface area contributed by atoms with E-state index in [0.29, 0.717) is 21.9 Å². The first-order valence-electron chi connectivity index (χ1n) is 6.58. The third-order valence-corrected chi connectivity index (χ3v) is 3.59. The van der Waals surface area contributed by atoms with E-state index < -0.39 is 5.82 Å². The minimum absolute atomic E-state index is 0.125. The van der Waals surface area contributed by atoms with Gasteiger partial charge in [0.05, 0.1) is 5.02 Å². The van der Waals surface area contributed by atoms with Crippen LogP contribution in [0.15, 0.2) is 34.9 Å². The van der Waals surface area contributed by atoms with Gasteiger partial charge in [-0.2, -0.15) is 0 Å². The highest BCUT2D eigenvalue weighted by Crippen LogP contribution is 2.27. The van der Waals surface area contributed by atoms with Gasteiger partial charge in [0.15, 0.2) is 11.6 Å². The molecular weight excluding hydrogens is 359 g/mol. The number of pyridine rings is 1. The summed E-state index contributed by atoms with van der Waals surface area (Å²) in [6, 6.07) is 6.31. The van der Waals surface area contributed by atoms with E-state index in [1.54, 1.807) is 18.2 Å². The average molecular weight is 374 g/mol. The molecule has 2 rings (SSSR count). The van der Waals surface area contributed by atoms with Gasteiger partial charge in [0.25, 0.3) is 0 Å². The molecule has 0 saturated heterocycles. The minimum atomic E-state index is -0.452. The van der Waals surface area contributed by atoms with Crippen LogP contribution in [0.5, 0.6) is 11.6 Å². The predicted octanol–water partition coefficient (Wildman–Crippen LogP) is 4.93. The van der Waals surface area contributed by atoms with Crippen molar-refractivity contribution in [3.8, 4) is 11.6 Å². The van der Waals surface area contributed by atoms with Crippen LogP contribution in [0.1, 0.15) is 18.9 Å². The van der Waals surface area contributed by atoms with Gasteiger partial charge in [-0.1, -0.05) is 34.5 Å². The van der Waals surface area contributed by atoms with E-state index >= 15 is 0 Å². The predicted molar refractivity (Wildman–Crippen MR) is 85.4 cm³/mol.